The highest BCUT2D eigenvalue weighted by atomic mass is 32.1. The number of rotatable bonds is 7. The molecule has 20 heavy (non-hydrogen) atoms. The lowest BCUT2D eigenvalue weighted by Gasteiger charge is -2.18. The number of likely N-dealkylation sites (N-methyl/N-ethyl adjacent to an activating group) is 1. The van der Waals surface area contributed by atoms with Crippen LogP contribution in [0.5, 0.6) is 0 Å². The SMILES string of the molecule is CN(C)C(=O)Cc1nc(CN(CC(=O)O)C2CC2)cs1. The Balaban J connectivity index is 1.94. The molecule has 0 saturated heterocycles. The van der Waals surface area contributed by atoms with E-state index < -0.39 is 5.97 Å². The number of carboxylic acids is 1. The molecular weight excluding hydrogens is 278 g/mol. The van der Waals surface area contributed by atoms with Gasteiger partial charge in [-0.25, -0.2) is 4.98 Å². The molecule has 0 radical (unpaired) electrons. The smallest absolute Gasteiger partial charge is 0.317 e. The van der Waals surface area contributed by atoms with Crippen molar-refractivity contribution in [3.63, 3.8) is 0 Å². The van der Waals surface area contributed by atoms with E-state index >= 15 is 0 Å². The second kappa shape index (κ2) is 6.32. The molecule has 0 unspecified atom stereocenters. The number of thiazole rings is 1. The number of carbonyl (C=O) groups excluding carboxylic acids is 1. The Morgan fingerprint density at radius 2 is 2.15 bits per heavy atom. The lowest BCUT2D eigenvalue weighted by molar-refractivity contribution is -0.138. The first-order valence-corrected chi connectivity index (χ1v) is 7.43. The van der Waals surface area contributed by atoms with Crippen LogP contribution >= 0.6 is 11.3 Å². The summed E-state index contributed by atoms with van der Waals surface area (Å²) in [5.41, 5.74) is 0.852. The van der Waals surface area contributed by atoms with Gasteiger partial charge in [0.05, 0.1) is 18.7 Å². The van der Waals surface area contributed by atoms with Gasteiger partial charge in [-0.1, -0.05) is 0 Å². The highest BCUT2D eigenvalue weighted by Crippen LogP contribution is 2.28. The van der Waals surface area contributed by atoms with Crippen molar-refractivity contribution in [3.8, 4) is 0 Å². The molecule has 1 fully saturated rings. The fourth-order valence-electron chi connectivity index (χ4n) is 1.93. The molecule has 1 N–H and O–H groups in total. The van der Waals surface area contributed by atoms with Gasteiger partial charge >= 0.3 is 5.97 Å². The third kappa shape index (κ3) is 4.28. The number of hydrogen-bond acceptors (Lipinski definition) is 5. The van der Waals surface area contributed by atoms with Crippen molar-refractivity contribution in [2.24, 2.45) is 0 Å². The monoisotopic (exact) mass is 297 g/mol. The van der Waals surface area contributed by atoms with Gasteiger partial charge in [0.25, 0.3) is 0 Å². The third-order valence-electron chi connectivity index (χ3n) is 3.17. The van der Waals surface area contributed by atoms with Crippen LogP contribution in [0.4, 0.5) is 0 Å². The Morgan fingerprint density at radius 3 is 2.70 bits per heavy atom. The molecule has 1 aromatic rings. The highest BCUT2D eigenvalue weighted by molar-refractivity contribution is 7.09. The first-order valence-electron chi connectivity index (χ1n) is 6.55. The lowest BCUT2D eigenvalue weighted by atomic mass is 10.3. The zero-order chi connectivity index (χ0) is 14.7. The average Bonchev–Trinajstić information content (AvgIpc) is 3.11. The van der Waals surface area contributed by atoms with E-state index in [2.05, 4.69) is 4.98 Å². The van der Waals surface area contributed by atoms with Crippen LogP contribution in [-0.4, -0.2) is 58.4 Å². The van der Waals surface area contributed by atoms with Gasteiger partial charge < -0.3 is 10.0 Å². The maximum absolute atomic E-state index is 11.6. The molecule has 1 aliphatic carbocycles. The summed E-state index contributed by atoms with van der Waals surface area (Å²) < 4.78 is 0. The van der Waals surface area contributed by atoms with Crippen LogP contribution in [0.2, 0.25) is 0 Å². The maximum atomic E-state index is 11.6. The Hall–Kier alpha value is -1.47. The van der Waals surface area contributed by atoms with Crippen molar-refractivity contribution < 1.29 is 14.7 Å². The normalized spacial score (nSPS) is 14.6. The molecule has 1 amide bonds. The minimum Gasteiger partial charge on any atom is -0.480 e. The molecule has 1 heterocycles. The topological polar surface area (TPSA) is 73.7 Å². The van der Waals surface area contributed by atoms with Crippen LogP contribution in [0.3, 0.4) is 0 Å². The molecular formula is C13H19N3O3S. The van der Waals surface area contributed by atoms with Gasteiger partial charge in [-0.2, -0.15) is 0 Å². The summed E-state index contributed by atoms with van der Waals surface area (Å²) in [7, 11) is 3.44. The quantitative estimate of drug-likeness (QED) is 0.806. The largest absolute Gasteiger partial charge is 0.480 e. The van der Waals surface area contributed by atoms with E-state index in [1.807, 2.05) is 10.3 Å². The van der Waals surface area contributed by atoms with E-state index in [1.165, 1.54) is 11.3 Å². The summed E-state index contributed by atoms with van der Waals surface area (Å²) >= 11 is 1.46. The van der Waals surface area contributed by atoms with E-state index in [0.717, 1.165) is 23.5 Å². The summed E-state index contributed by atoms with van der Waals surface area (Å²) in [4.78, 5) is 30.4. The van der Waals surface area contributed by atoms with E-state index in [4.69, 9.17) is 5.11 Å². The van der Waals surface area contributed by atoms with Crippen molar-refractivity contribution in [2.75, 3.05) is 20.6 Å². The lowest BCUT2D eigenvalue weighted by Crippen LogP contribution is -2.31. The summed E-state index contributed by atoms with van der Waals surface area (Å²) in [6.45, 7) is 0.595. The van der Waals surface area contributed by atoms with Crippen molar-refractivity contribution in [1.82, 2.24) is 14.8 Å². The Labute approximate surface area is 122 Å². The fourth-order valence-corrected chi connectivity index (χ4v) is 2.70. The van der Waals surface area contributed by atoms with Gasteiger partial charge in [0.15, 0.2) is 0 Å². The van der Waals surface area contributed by atoms with E-state index in [9.17, 15) is 9.59 Å². The standard InChI is InChI=1S/C13H19N3O3S/c1-15(2)12(17)5-11-14-9(8-20-11)6-16(7-13(18)19)10-3-4-10/h8,10H,3-7H2,1-2H3,(H,18,19). The van der Waals surface area contributed by atoms with Crippen molar-refractivity contribution >= 4 is 23.2 Å². The summed E-state index contributed by atoms with van der Waals surface area (Å²) in [5, 5.41) is 11.6. The zero-order valence-electron chi connectivity index (χ0n) is 11.7. The minimum absolute atomic E-state index is 0.0236. The Kier molecular flexibility index (Phi) is 4.72. The van der Waals surface area contributed by atoms with E-state index in [0.29, 0.717) is 19.0 Å². The predicted octanol–water partition coefficient (Wildman–Crippen LogP) is 0.823. The third-order valence-corrected chi connectivity index (χ3v) is 4.06. The number of hydrogen-bond donors (Lipinski definition) is 1. The molecule has 2 rings (SSSR count). The van der Waals surface area contributed by atoms with Gasteiger partial charge in [0, 0.05) is 32.1 Å². The zero-order valence-corrected chi connectivity index (χ0v) is 12.5. The Morgan fingerprint density at radius 1 is 1.45 bits per heavy atom. The fraction of sp³-hybridized carbons (Fsp3) is 0.615. The highest BCUT2D eigenvalue weighted by Gasteiger charge is 2.30. The maximum Gasteiger partial charge on any atom is 0.317 e. The van der Waals surface area contributed by atoms with Gasteiger partial charge in [-0.3, -0.25) is 14.5 Å². The molecule has 1 aliphatic rings. The van der Waals surface area contributed by atoms with Gasteiger partial charge in [-0.05, 0) is 12.8 Å². The van der Waals surface area contributed by atoms with Crippen LogP contribution in [0.25, 0.3) is 0 Å². The van der Waals surface area contributed by atoms with Gasteiger partial charge in [-0.15, -0.1) is 11.3 Å². The first-order chi connectivity index (χ1) is 9.45. The molecule has 6 nitrogen and oxygen atoms in total. The molecule has 0 aromatic carbocycles. The molecule has 0 atom stereocenters. The van der Waals surface area contributed by atoms with Gasteiger partial charge in [0.1, 0.15) is 5.01 Å². The second-order valence-electron chi connectivity index (χ2n) is 5.23. The molecule has 0 spiro atoms. The van der Waals surface area contributed by atoms with Crippen molar-refractivity contribution in [1.29, 1.82) is 0 Å². The van der Waals surface area contributed by atoms with Crippen LogP contribution < -0.4 is 0 Å². The Bertz CT molecular complexity index is 497. The number of aromatic nitrogens is 1. The van der Waals surface area contributed by atoms with E-state index in [1.54, 1.807) is 19.0 Å². The second-order valence-corrected chi connectivity index (χ2v) is 6.17. The number of nitrogens with zero attached hydrogens (tertiary/aromatic N) is 3. The summed E-state index contributed by atoms with van der Waals surface area (Å²) in [6, 6.07) is 0.375. The average molecular weight is 297 g/mol. The molecule has 1 aromatic heterocycles. The van der Waals surface area contributed by atoms with Crippen LogP contribution in [-0.2, 0) is 22.6 Å². The first kappa shape index (κ1) is 14.9. The molecule has 0 bridgehead atoms. The number of aliphatic carboxylic acids is 1. The molecule has 1 saturated carbocycles. The minimum atomic E-state index is -0.810. The van der Waals surface area contributed by atoms with E-state index in [-0.39, 0.29) is 12.5 Å². The van der Waals surface area contributed by atoms with Crippen LogP contribution in [0.15, 0.2) is 5.38 Å². The summed E-state index contributed by atoms with van der Waals surface area (Å²) in [5.74, 6) is -0.786. The summed E-state index contributed by atoms with van der Waals surface area (Å²) in [6.07, 6.45) is 2.42. The number of amides is 1. The molecule has 7 heteroatoms. The van der Waals surface area contributed by atoms with Crippen LogP contribution in [0.1, 0.15) is 23.5 Å². The predicted molar refractivity (Wildman–Crippen MR) is 75.6 cm³/mol. The molecule has 110 valence electrons. The van der Waals surface area contributed by atoms with Crippen molar-refractivity contribution in [3.05, 3.63) is 16.1 Å². The van der Waals surface area contributed by atoms with Crippen LogP contribution in [0, 0.1) is 0 Å². The number of carboxylic acid groups (broad SMARTS) is 1. The number of carbonyl (C=O) groups is 2. The van der Waals surface area contributed by atoms with Gasteiger partial charge in [0.2, 0.25) is 5.91 Å². The van der Waals surface area contributed by atoms with Crippen molar-refractivity contribution in [2.45, 2.75) is 31.8 Å². The molecule has 0 aliphatic heterocycles.